The summed E-state index contributed by atoms with van der Waals surface area (Å²) in [5.74, 6) is -0.995. The fourth-order valence-electron chi connectivity index (χ4n) is 5.45. The van der Waals surface area contributed by atoms with Gasteiger partial charge < -0.3 is 35.5 Å². The normalized spacial score (nSPS) is 19.1. The van der Waals surface area contributed by atoms with Gasteiger partial charge in [-0.2, -0.15) is 0 Å². The van der Waals surface area contributed by atoms with E-state index in [2.05, 4.69) is 39.7 Å². The molecule has 2 bridgehead atoms. The van der Waals surface area contributed by atoms with Crippen LogP contribution in [0, 0.1) is 5.92 Å². The lowest BCUT2D eigenvalue weighted by Crippen LogP contribution is -2.55. The molecule has 1 aliphatic rings. The highest BCUT2D eigenvalue weighted by molar-refractivity contribution is 5.97. The Hall–Kier alpha value is -4.78. The molecule has 3 aromatic rings. The van der Waals surface area contributed by atoms with Gasteiger partial charge >= 0.3 is 0 Å². The lowest BCUT2D eigenvalue weighted by Gasteiger charge is -2.25. The van der Waals surface area contributed by atoms with Crippen LogP contribution in [-0.4, -0.2) is 96.0 Å². The minimum Gasteiger partial charge on any atom is -0.375 e. The van der Waals surface area contributed by atoms with Crippen LogP contribution in [0.3, 0.4) is 0 Å². The third-order valence-corrected chi connectivity index (χ3v) is 7.85. The molecule has 2 aromatic carbocycles. The molecule has 0 aliphatic carbocycles. The highest BCUT2D eigenvalue weighted by Gasteiger charge is 2.27. The van der Waals surface area contributed by atoms with Crippen molar-refractivity contribution in [2.75, 3.05) is 39.9 Å². The monoisotopic (exact) mass is 647 g/mol. The highest BCUT2D eigenvalue weighted by atomic mass is 16.5. The molecule has 0 saturated carbocycles. The number of imidazole rings is 1. The molecule has 13 heteroatoms. The number of methoxy groups -OCH3 is 1. The second-order valence-electron chi connectivity index (χ2n) is 12.2. The zero-order valence-electron chi connectivity index (χ0n) is 27.5. The molecule has 0 unspecified atom stereocenters. The van der Waals surface area contributed by atoms with E-state index < -0.39 is 29.8 Å². The molecule has 0 radical (unpaired) electrons. The van der Waals surface area contributed by atoms with Gasteiger partial charge in [0.05, 0.1) is 17.6 Å². The minimum atomic E-state index is -1.01. The van der Waals surface area contributed by atoms with Crippen molar-refractivity contribution in [3.05, 3.63) is 65.5 Å². The third-order valence-electron chi connectivity index (χ3n) is 7.85. The predicted molar refractivity (Wildman–Crippen MR) is 176 cm³/mol. The van der Waals surface area contributed by atoms with Crippen molar-refractivity contribution in [1.29, 1.82) is 0 Å². The van der Waals surface area contributed by atoms with Crippen LogP contribution in [0.2, 0.25) is 0 Å². The van der Waals surface area contributed by atoms with Crippen LogP contribution in [0.15, 0.2) is 48.5 Å². The number of carbonyl (C=O) groups excluding carboxylic acids is 5. The van der Waals surface area contributed by atoms with Gasteiger partial charge in [0.25, 0.3) is 5.91 Å². The lowest BCUT2D eigenvalue weighted by molar-refractivity contribution is -0.139. The molecule has 0 saturated heterocycles. The molecule has 4 N–H and O–H groups in total. The van der Waals surface area contributed by atoms with Gasteiger partial charge in [0, 0.05) is 51.7 Å². The van der Waals surface area contributed by atoms with Crippen LogP contribution < -0.4 is 21.3 Å². The van der Waals surface area contributed by atoms with Crippen molar-refractivity contribution in [1.82, 2.24) is 35.7 Å². The average Bonchev–Trinajstić information content (AvgIpc) is 3.37. The predicted octanol–water partition coefficient (Wildman–Crippen LogP) is 1.19. The van der Waals surface area contributed by atoms with Gasteiger partial charge in [-0.25, -0.2) is 4.98 Å². The van der Waals surface area contributed by atoms with E-state index in [9.17, 15) is 24.0 Å². The Morgan fingerprint density at radius 3 is 2.47 bits per heavy atom. The zero-order chi connectivity index (χ0) is 33.9. The maximum absolute atomic E-state index is 13.4. The number of nitrogens with one attached hydrogen (secondary N) is 4. The summed E-state index contributed by atoms with van der Waals surface area (Å²) < 4.78 is 7.10. The van der Waals surface area contributed by atoms with Gasteiger partial charge in [0.15, 0.2) is 0 Å². The van der Waals surface area contributed by atoms with Crippen LogP contribution in [-0.2, 0) is 43.3 Å². The summed E-state index contributed by atoms with van der Waals surface area (Å²) in [6.45, 7) is 6.22. The number of carbonyl (C=O) groups is 5. The summed E-state index contributed by atoms with van der Waals surface area (Å²) in [4.78, 5) is 71.8. The number of aromatic nitrogens is 2. The fourth-order valence-corrected chi connectivity index (χ4v) is 5.45. The van der Waals surface area contributed by atoms with Crippen molar-refractivity contribution in [3.63, 3.8) is 0 Å². The van der Waals surface area contributed by atoms with E-state index in [4.69, 9.17) is 9.72 Å². The Morgan fingerprint density at radius 1 is 0.979 bits per heavy atom. The number of hydrogen-bond donors (Lipinski definition) is 4. The molecule has 2 heterocycles. The molecule has 4 rings (SSSR count). The maximum atomic E-state index is 13.4. The molecule has 47 heavy (non-hydrogen) atoms. The molecule has 1 aliphatic heterocycles. The molecule has 5 amide bonds. The summed E-state index contributed by atoms with van der Waals surface area (Å²) >= 11 is 0. The summed E-state index contributed by atoms with van der Waals surface area (Å²) in [6, 6.07) is 12.6. The molecule has 252 valence electrons. The van der Waals surface area contributed by atoms with Crippen LogP contribution >= 0.6 is 0 Å². The van der Waals surface area contributed by atoms with Gasteiger partial charge in [-0.3, -0.25) is 24.0 Å². The quantitative estimate of drug-likeness (QED) is 0.312. The number of amides is 5. The minimum absolute atomic E-state index is 0.0345. The summed E-state index contributed by atoms with van der Waals surface area (Å²) in [7, 11) is 1.37. The number of rotatable bonds is 6. The summed E-state index contributed by atoms with van der Waals surface area (Å²) in [5, 5.41) is 11.2. The largest absolute Gasteiger partial charge is 0.375 e. The van der Waals surface area contributed by atoms with Crippen molar-refractivity contribution in [2.24, 2.45) is 5.92 Å². The Kier molecular flexibility index (Phi) is 12.5. The highest BCUT2D eigenvalue weighted by Crippen LogP contribution is 2.21. The zero-order valence-corrected chi connectivity index (χ0v) is 27.5. The number of nitrogens with zero attached hydrogens (tertiary/aromatic N) is 3. The fraction of sp³-hybridized carbons (Fsp3) is 0.471. The second-order valence-corrected chi connectivity index (χ2v) is 12.2. The first-order valence-electron chi connectivity index (χ1n) is 16.0. The van der Waals surface area contributed by atoms with Gasteiger partial charge in [-0.1, -0.05) is 44.2 Å². The van der Waals surface area contributed by atoms with E-state index in [1.165, 1.54) is 12.0 Å². The first-order chi connectivity index (χ1) is 22.5. The second kappa shape index (κ2) is 16.7. The molecule has 0 fully saturated rings. The van der Waals surface area contributed by atoms with Crippen molar-refractivity contribution in [2.45, 2.75) is 58.7 Å². The Labute approximate surface area is 274 Å². The SMILES string of the molecule is COCC(=O)N1CCNC(=O)c2ccc3nc(CC(C)C)n(c3c2)CCCNC(=O)[C@@H](C)NC(=O)[C@H](Cc2ccccc2)NC(=O)C1. The molecule has 0 spiro atoms. The number of benzene rings is 2. The van der Waals surface area contributed by atoms with Crippen molar-refractivity contribution in [3.8, 4) is 0 Å². The van der Waals surface area contributed by atoms with Gasteiger partial charge in [0.1, 0.15) is 24.5 Å². The molecule has 2 atom stereocenters. The number of aryl methyl sites for hydroxylation is 1. The van der Waals surface area contributed by atoms with E-state index in [0.29, 0.717) is 31.0 Å². The molecule has 13 nitrogen and oxygen atoms in total. The third kappa shape index (κ3) is 9.85. The molecule has 1 aromatic heterocycles. The van der Waals surface area contributed by atoms with E-state index in [0.717, 1.165) is 28.8 Å². The molecular formula is C34H45N7O6. The van der Waals surface area contributed by atoms with Crippen LogP contribution in [0.4, 0.5) is 0 Å². The van der Waals surface area contributed by atoms with E-state index in [1.807, 2.05) is 36.4 Å². The van der Waals surface area contributed by atoms with Crippen LogP contribution in [0.1, 0.15) is 48.9 Å². The van der Waals surface area contributed by atoms with Crippen molar-refractivity contribution < 1.29 is 28.7 Å². The average molecular weight is 648 g/mol. The summed E-state index contributed by atoms with van der Waals surface area (Å²) in [5.41, 5.74) is 2.82. The Morgan fingerprint density at radius 2 is 1.74 bits per heavy atom. The summed E-state index contributed by atoms with van der Waals surface area (Å²) in [6.07, 6.45) is 1.51. The standard InChI is InChI=1S/C34H45N7O6/c1-22(2)17-29-38-26-12-11-25-19-28(26)41(29)15-8-13-35-32(44)23(3)37-34(46)27(18-24-9-6-5-7-10-24)39-30(42)20-40(31(43)21-47-4)16-14-36-33(25)45/h5-7,9-12,19,22-23,27H,8,13-18,20-21H2,1-4H3,(H,35,44)(H,36,45)(H,37,46)(H,39,42)/t23-,27+/m1/s1. The smallest absolute Gasteiger partial charge is 0.251 e. The van der Waals surface area contributed by atoms with Crippen molar-refractivity contribution >= 4 is 40.6 Å². The van der Waals surface area contributed by atoms with E-state index in [1.54, 1.807) is 19.1 Å². The Bertz CT molecular complexity index is 1570. The van der Waals surface area contributed by atoms with Crippen LogP contribution in [0.5, 0.6) is 0 Å². The maximum Gasteiger partial charge on any atom is 0.251 e. The first kappa shape index (κ1) is 35.1. The molecular weight excluding hydrogens is 602 g/mol. The Balaban J connectivity index is 1.62. The number of hydrogen-bond acceptors (Lipinski definition) is 7. The van der Waals surface area contributed by atoms with E-state index >= 15 is 0 Å². The first-order valence-corrected chi connectivity index (χ1v) is 16.0. The lowest BCUT2D eigenvalue weighted by atomic mass is 10.0. The van der Waals surface area contributed by atoms with E-state index in [-0.39, 0.29) is 44.5 Å². The van der Waals surface area contributed by atoms with Crippen LogP contribution in [0.25, 0.3) is 11.0 Å². The number of fused-ring (bicyclic) bond motifs is 1. The number of ether oxygens (including phenoxy) is 1. The van der Waals surface area contributed by atoms with Gasteiger partial charge in [-0.05, 0) is 43.0 Å². The van der Waals surface area contributed by atoms with Gasteiger partial charge in [-0.15, -0.1) is 0 Å². The van der Waals surface area contributed by atoms with Gasteiger partial charge in [0.2, 0.25) is 23.6 Å². The topological polar surface area (TPSA) is 164 Å².